The third-order valence-corrected chi connectivity index (χ3v) is 4.54. The molecular formula is C19H26N2O3. The first-order valence-electron chi connectivity index (χ1n) is 8.60. The zero-order chi connectivity index (χ0) is 17.3. The molecular weight excluding hydrogens is 304 g/mol. The Morgan fingerprint density at radius 1 is 1.08 bits per heavy atom. The molecule has 0 aromatic heterocycles. The van der Waals surface area contributed by atoms with Gasteiger partial charge in [-0.3, -0.25) is 9.69 Å². The van der Waals surface area contributed by atoms with Crippen LogP contribution in [-0.2, 0) is 16.1 Å². The van der Waals surface area contributed by atoms with E-state index in [1.807, 2.05) is 39.0 Å². The fraction of sp³-hybridized carbons (Fsp3) is 0.579. The van der Waals surface area contributed by atoms with Gasteiger partial charge in [-0.25, -0.2) is 4.79 Å². The summed E-state index contributed by atoms with van der Waals surface area (Å²) >= 11 is 0. The van der Waals surface area contributed by atoms with E-state index in [2.05, 4.69) is 17.0 Å². The van der Waals surface area contributed by atoms with Crippen molar-refractivity contribution >= 4 is 11.9 Å². The summed E-state index contributed by atoms with van der Waals surface area (Å²) in [4.78, 5) is 28.8. The summed E-state index contributed by atoms with van der Waals surface area (Å²) in [5.41, 5.74) is 0.751. The largest absolute Gasteiger partial charge is 0.444 e. The van der Waals surface area contributed by atoms with E-state index in [1.54, 1.807) is 4.90 Å². The van der Waals surface area contributed by atoms with Crippen LogP contribution < -0.4 is 0 Å². The Balaban J connectivity index is 1.63. The van der Waals surface area contributed by atoms with Crippen LogP contribution in [0, 0.1) is 11.8 Å². The number of carbonyl (C=O) groups excluding carboxylic acids is 2. The van der Waals surface area contributed by atoms with Gasteiger partial charge in [-0.2, -0.15) is 0 Å². The number of hydrogen-bond acceptors (Lipinski definition) is 4. The molecule has 2 atom stereocenters. The monoisotopic (exact) mass is 330 g/mol. The molecule has 2 heterocycles. The SMILES string of the molecule is CC(C)(C)OC(=O)N1C[C@H]2CN(Cc3ccccc3)C[C@H](C1)C2=O. The van der Waals surface area contributed by atoms with Crippen LogP contribution in [0.15, 0.2) is 30.3 Å². The predicted octanol–water partition coefficient (Wildman–Crippen LogP) is 2.55. The molecule has 5 nitrogen and oxygen atoms in total. The quantitative estimate of drug-likeness (QED) is 0.836. The van der Waals surface area contributed by atoms with Gasteiger partial charge in [0.25, 0.3) is 0 Å². The van der Waals surface area contributed by atoms with Gasteiger partial charge in [0.05, 0.1) is 0 Å². The molecule has 1 amide bonds. The zero-order valence-electron chi connectivity index (χ0n) is 14.7. The highest BCUT2D eigenvalue weighted by Crippen LogP contribution is 2.27. The number of ether oxygens (including phenoxy) is 1. The summed E-state index contributed by atoms with van der Waals surface area (Å²) in [5, 5.41) is 0. The molecule has 1 aromatic rings. The lowest BCUT2D eigenvalue weighted by Crippen LogP contribution is -2.59. The van der Waals surface area contributed by atoms with E-state index in [9.17, 15) is 9.59 Å². The predicted molar refractivity (Wildman–Crippen MR) is 91.5 cm³/mol. The van der Waals surface area contributed by atoms with E-state index in [-0.39, 0.29) is 17.9 Å². The van der Waals surface area contributed by atoms with Crippen molar-refractivity contribution in [3.8, 4) is 0 Å². The molecule has 0 spiro atoms. The Morgan fingerprint density at radius 3 is 2.21 bits per heavy atom. The number of hydrogen-bond donors (Lipinski definition) is 0. The second-order valence-corrected chi connectivity index (χ2v) is 7.86. The van der Waals surface area contributed by atoms with Crippen molar-refractivity contribution in [3.63, 3.8) is 0 Å². The number of rotatable bonds is 2. The van der Waals surface area contributed by atoms with Crippen molar-refractivity contribution in [2.75, 3.05) is 26.2 Å². The van der Waals surface area contributed by atoms with Gasteiger partial charge >= 0.3 is 6.09 Å². The lowest BCUT2D eigenvalue weighted by molar-refractivity contribution is -0.137. The Hall–Kier alpha value is -1.88. The minimum Gasteiger partial charge on any atom is -0.444 e. The summed E-state index contributed by atoms with van der Waals surface area (Å²) in [7, 11) is 0. The number of amides is 1. The first-order valence-corrected chi connectivity index (χ1v) is 8.60. The molecule has 24 heavy (non-hydrogen) atoms. The van der Waals surface area contributed by atoms with Crippen LogP contribution in [0.2, 0.25) is 0 Å². The minimum absolute atomic E-state index is 0.103. The van der Waals surface area contributed by atoms with Gasteiger partial charge in [0, 0.05) is 44.6 Å². The number of benzene rings is 1. The van der Waals surface area contributed by atoms with Crippen molar-refractivity contribution in [2.24, 2.45) is 11.8 Å². The molecule has 1 aromatic carbocycles. The standard InChI is InChI=1S/C19H26N2O3/c1-19(2,3)24-18(23)21-12-15-10-20(11-16(13-21)17(15)22)9-14-7-5-4-6-8-14/h4-8,15-16H,9-13H2,1-3H3/t15-,16-/m1/s1. The van der Waals surface area contributed by atoms with Gasteiger partial charge in [-0.15, -0.1) is 0 Å². The van der Waals surface area contributed by atoms with Crippen LogP contribution in [0.4, 0.5) is 4.79 Å². The summed E-state index contributed by atoms with van der Waals surface area (Å²) in [5.74, 6) is 0.0987. The average molecular weight is 330 g/mol. The lowest BCUT2D eigenvalue weighted by Gasteiger charge is -2.44. The van der Waals surface area contributed by atoms with Crippen molar-refractivity contribution in [1.82, 2.24) is 9.80 Å². The van der Waals surface area contributed by atoms with Crippen molar-refractivity contribution in [2.45, 2.75) is 32.9 Å². The van der Waals surface area contributed by atoms with E-state index >= 15 is 0 Å². The van der Waals surface area contributed by atoms with Crippen LogP contribution >= 0.6 is 0 Å². The molecule has 2 saturated heterocycles. The zero-order valence-corrected chi connectivity index (χ0v) is 14.7. The highest BCUT2D eigenvalue weighted by atomic mass is 16.6. The Kier molecular flexibility index (Phi) is 4.63. The van der Waals surface area contributed by atoms with Crippen molar-refractivity contribution in [1.29, 1.82) is 0 Å². The molecule has 2 bridgehead atoms. The van der Waals surface area contributed by atoms with Crippen LogP contribution in [0.1, 0.15) is 26.3 Å². The number of likely N-dealkylation sites (tertiary alicyclic amines) is 2. The molecule has 0 saturated carbocycles. The van der Waals surface area contributed by atoms with E-state index in [0.717, 1.165) is 6.54 Å². The molecule has 0 aliphatic carbocycles. The second kappa shape index (κ2) is 6.55. The maximum absolute atomic E-state index is 12.5. The number of Topliss-reactive ketones (excluding diaryl/α,β-unsaturated/α-hetero) is 1. The van der Waals surface area contributed by atoms with Gasteiger partial charge in [0.2, 0.25) is 0 Å². The van der Waals surface area contributed by atoms with Gasteiger partial charge in [-0.1, -0.05) is 30.3 Å². The number of fused-ring (bicyclic) bond motifs is 2. The average Bonchev–Trinajstić information content (AvgIpc) is 2.47. The number of nitrogens with zero attached hydrogens (tertiary/aromatic N) is 2. The third kappa shape index (κ3) is 3.96. The molecule has 2 aliphatic heterocycles. The topological polar surface area (TPSA) is 49.9 Å². The van der Waals surface area contributed by atoms with Crippen LogP contribution in [0.5, 0.6) is 0 Å². The van der Waals surface area contributed by atoms with Crippen molar-refractivity contribution in [3.05, 3.63) is 35.9 Å². The lowest BCUT2D eigenvalue weighted by atomic mass is 9.83. The maximum Gasteiger partial charge on any atom is 0.410 e. The molecule has 2 fully saturated rings. The molecule has 2 aliphatic rings. The first-order chi connectivity index (χ1) is 11.3. The number of carbonyl (C=O) groups is 2. The summed E-state index contributed by atoms with van der Waals surface area (Å²) in [6.07, 6.45) is -0.304. The van der Waals surface area contributed by atoms with Gasteiger partial charge in [0.15, 0.2) is 0 Å². The first kappa shape index (κ1) is 17.0. The number of piperidine rings is 2. The minimum atomic E-state index is -0.507. The Bertz CT molecular complexity index is 591. The molecule has 3 rings (SSSR count). The van der Waals surface area contributed by atoms with E-state index in [0.29, 0.717) is 32.0 Å². The van der Waals surface area contributed by atoms with E-state index in [1.165, 1.54) is 5.56 Å². The van der Waals surface area contributed by atoms with Crippen LogP contribution in [0.25, 0.3) is 0 Å². The van der Waals surface area contributed by atoms with E-state index < -0.39 is 5.60 Å². The van der Waals surface area contributed by atoms with Crippen LogP contribution in [-0.4, -0.2) is 53.5 Å². The molecule has 5 heteroatoms. The summed E-state index contributed by atoms with van der Waals surface area (Å²) in [6.45, 7) is 8.80. The summed E-state index contributed by atoms with van der Waals surface area (Å²) < 4.78 is 5.46. The fourth-order valence-corrected chi connectivity index (χ4v) is 3.56. The summed E-state index contributed by atoms with van der Waals surface area (Å²) in [6, 6.07) is 10.3. The molecule has 0 N–H and O–H groups in total. The highest BCUT2D eigenvalue weighted by molar-refractivity contribution is 5.87. The Morgan fingerprint density at radius 2 is 1.67 bits per heavy atom. The number of ketones is 1. The van der Waals surface area contributed by atoms with Crippen molar-refractivity contribution < 1.29 is 14.3 Å². The molecule has 0 unspecified atom stereocenters. The van der Waals surface area contributed by atoms with Gasteiger partial charge < -0.3 is 9.64 Å². The third-order valence-electron chi connectivity index (χ3n) is 4.54. The van der Waals surface area contributed by atoms with Crippen LogP contribution in [0.3, 0.4) is 0 Å². The van der Waals surface area contributed by atoms with Gasteiger partial charge in [-0.05, 0) is 26.3 Å². The normalized spacial score (nSPS) is 24.8. The Labute approximate surface area is 143 Å². The van der Waals surface area contributed by atoms with Gasteiger partial charge in [0.1, 0.15) is 11.4 Å². The maximum atomic E-state index is 12.5. The highest BCUT2D eigenvalue weighted by Gasteiger charge is 2.43. The molecule has 130 valence electrons. The van der Waals surface area contributed by atoms with E-state index in [4.69, 9.17) is 4.74 Å². The second-order valence-electron chi connectivity index (χ2n) is 7.86. The fourth-order valence-electron chi connectivity index (χ4n) is 3.56. The smallest absolute Gasteiger partial charge is 0.410 e. The molecule has 0 radical (unpaired) electrons.